The summed E-state index contributed by atoms with van der Waals surface area (Å²) in [6.07, 6.45) is 0. The number of nitrogens with zero attached hydrogens (tertiary/aromatic N) is 1. The molecule has 0 bridgehead atoms. The van der Waals surface area contributed by atoms with Crippen molar-refractivity contribution in [1.82, 2.24) is 9.88 Å². The molecule has 1 amide bonds. The molecule has 0 fully saturated rings. The monoisotopic (exact) mass is 416 g/mol. The van der Waals surface area contributed by atoms with Crippen LogP contribution in [-0.2, 0) is 13.1 Å². The molecule has 0 radical (unpaired) electrons. The van der Waals surface area contributed by atoms with E-state index in [1.54, 1.807) is 29.2 Å². The lowest BCUT2D eigenvalue weighted by Gasteiger charge is -2.23. The third kappa shape index (κ3) is 4.29. The van der Waals surface area contributed by atoms with Crippen molar-refractivity contribution in [2.75, 3.05) is 0 Å². The summed E-state index contributed by atoms with van der Waals surface area (Å²) in [7, 11) is 0. The van der Waals surface area contributed by atoms with Gasteiger partial charge in [-0.2, -0.15) is 0 Å². The highest BCUT2D eigenvalue weighted by atomic mass is 35.5. The first kappa shape index (κ1) is 19.9. The summed E-state index contributed by atoms with van der Waals surface area (Å²) < 4.78 is 0. The molecule has 0 aliphatic carbocycles. The van der Waals surface area contributed by atoms with Crippen LogP contribution in [0.3, 0.4) is 0 Å². The maximum atomic E-state index is 13.3. The van der Waals surface area contributed by atoms with Gasteiger partial charge in [0.1, 0.15) is 0 Å². The smallest absolute Gasteiger partial charge is 0.254 e. The second kappa shape index (κ2) is 8.56. The van der Waals surface area contributed by atoms with Crippen LogP contribution in [0.2, 0.25) is 5.02 Å². The minimum Gasteiger partial charge on any atom is -0.330 e. The average Bonchev–Trinajstić information content (AvgIpc) is 2.75. The Morgan fingerprint density at radius 2 is 1.70 bits per heavy atom. The molecule has 4 rings (SSSR count). The number of para-hydroxylation sites is 1. The molecule has 30 heavy (non-hydrogen) atoms. The van der Waals surface area contributed by atoms with E-state index in [0.717, 1.165) is 22.0 Å². The Bertz CT molecular complexity index is 1270. The molecule has 0 atom stereocenters. The van der Waals surface area contributed by atoms with E-state index in [1.165, 1.54) is 0 Å². The largest absolute Gasteiger partial charge is 0.330 e. The Morgan fingerprint density at radius 1 is 0.933 bits per heavy atom. The lowest BCUT2D eigenvalue weighted by Crippen LogP contribution is -2.32. The van der Waals surface area contributed by atoms with Gasteiger partial charge in [0, 0.05) is 22.7 Å². The molecule has 3 aromatic carbocycles. The molecule has 1 N–H and O–H groups in total. The number of amides is 1. The van der Waals surface area contributed by atoms with E-state index in [2.05, 4.69) is 4.98 Å². The summed E-state index contributed by atoms with van der Waals surface area (Å²) in [5.41, 5.74) is 3.66. The SMILES string of the molecule is Cc1cccc2cc(CN(Cc3ccccc3)C(=O)c3cccc(Cl)c3)c(=O)[nH]c12. The van der Waals surface area contributed by atoms with Crippen LogP contribution in [0, 0.1) is 6.92 Å². The molecule has 1 aromatic heterocycles. The quantitative estimate of drug-likeness (QED) is 0.478. The van der Waals surface area contributed by atoms with Gasteiger partial charge >= 0.3 is 0 Å². The van der Waals surface area contributed by atoms with Crippen molar-refractivity contribution in [2.45, 2.75) is 20.0 Å². The number of aryl methyl sites for hydroxylation is 1. The molecular weight excluding hydrogens is 396 g/mol. The summed E-state index contributed by atoms with van der Waals surface area (Å²) in [6.45, 7) is 2.54. The first-order valence-corrected chi connectivity index (χ1v) is 10.1. The summed E-state index contributed by atoms with van der Waals surface area (Å²) >= 11 is 6.09. The van der Waals surface area contributed by atoms with Crippen molar-refractivity contribution in [2.24, 2.45) is 0 Å². The molecule has 0 aliphatic heterocycles. The predicted molar refractivity (Wildman–Crippen MR) is 121 cm³/mol. The summed E-state index contributed by atoms with van der Waals surface area (Å²) in [5, 5.41) is 1.44. The molecule has 0 unspecified atom stereocenters. The Labute approximate surface area is 179 Å². The molecule has 1 heterocycles. The highest BCUT2D eigenvalue weighted by Crippen LogP contribution is 2.19. The lowest BCUT2D eigenvalue weighted by atomic mass is 10.1. The fourth-order valence-electron chi connectivity index (χ4n) is 3.56. The minimum absolute atomic E-state index is 0.176. The zero-order chi connectivity index (χ0) is 21.1. The van der Waals surface area contributed by atoms with Gasteiger partial charge in [-0.3, -0.25) is 9.59 Å². The van der Waals surface area contributed by atoms with Crippen molar-refractivity contribution in [3.63, 3.8) is 0 Å². The molecule has 0 saturated heterocycles. The van der Waals surface area contributed by atoms with Crippen LogP contribution >= 0.6 is 11.6 Å². The number of aromatic amines is 1. The van der Waals surface area contributed by atoms with Gasteiger partial charge in [0.05, 0.1) is 12.1 Å². The second-order valence-electron chi connectivity index (χ2n) is 7.32. The van der Waals surface area contributed by atoms with E-state index in [9.17, 15) is 9.59 Å². The van der Waals surface area contributed by atoms with Crippen LogP contribution < -0.4 is 5.56 Å². The van der Waals surface area contributed by atoms with E-state index in [-0.39, 0.29) is 18.0 Å². The van der Waals surface area contributed by atoms with Crippen molar-refractivity contribution in [3.05, 3.63) is 116 Å². The number of hydrogen-bond acceptors (Lipinski definition) is 2. The number of rotatable bonds is 5. The number of H-pyrrole nitrogens is 1. The number of benzene rings is 3. The molecule has 150 valence electrons. The Kier molecular flexibility index (Phi) is 5.68. The summed E-state index contributed by atoms with van der Waals surface area (Å²) in [4.78, 5) is 30.7. The number of halogens is 1. The first-order valence-electron chi connectivity index (χ1n) is 9.71. The predicted octanol–water partition coefficient (Wildman–Crippen LogP) is 5.33. The molecule has 0 spiro atoms. The Morgan fingerprint density at radius 3 is 2.47 bits per heavy atom. The van der Waals surface area contributed by atoms with Crippen molar-refractivity contribution < 1.29 is 4.79 Å². The number of carbonyl (C=O) groups is 1. The number of hydrogen-bond donors (Lipinski definition) is 1. The fourth-order valence-corrected chi connectivity index (χ4v) is 3.75. The maximum absolute atomic E-state index is 13.3. The van der Waals surface area contributed by atoms with Crippen molar-refractivity contribution in [3.8, 4) is 0 Å². The van der Waals surface area contributed by atoms with Crippen molar-refractivity contribution in [1.29, 1.82) is 0 Å². The van der Waals surface area contributed by atoms with Gasteiger partial charge in [-0.15, -0.1) is 0 Å². The van der Waals surface area contributed by atoms with Crippen LogP contribution in [0.1, 0.15) is 27.0 Å². The minimum atomic E-state index is -0.186. The summed E-state index contributed by atoms with van der Waals surface area (Å²) in [6, 6.07) is 24.3. The molecule has 4 aromatic rings. The Balaban J connectivity index is 1.72. The molecule has 0 aliphatic rings. The average molecular weight is 417 g/mol. The zero-order valence-electron chi connectivity index (χ0n) is 16.6. The highest BCUT2D eigenvalue weighted by Gasteiger charge is 2.19. The van der Waals surface area contributed by atoms with Crippen LogP contribution in [0.4, 0.5) is 0 Å². The molecular formula is C25H21ClN2O2. The van der Waals surface area contributed by atoms with Crippen LogP contribution in [0.5, 0.6) is 0 Å². The van der Waals surface area contributed by atoms with Gasteiger partial charge in [-0.25, -0.2) is 0 Å². The van der Waals surface area contributed by atoms with Crippen LogP contribution in [0.15, 0.2) is 83.7 Å². The van der Waals surface area contributed by atoms with E-state index >= 15 is 0 Å². The zero-order valence-corrected chi connectivity index (χ0v) is 17.3. The van der Waals surface area contributed by atoms with Gasteiger partial charge in [0.15, 0.2) is 0 Å². The van der Waals surface area contributed by atoms with Gasteiger partial charge < -0.3 is 9.88 Å². The van der Waals surface area contributed by atoms with Crippen LogP contribution in [0.25, 0.3) is 10.9 Å². The highest BCUT2D eigenvalue weighted by molar-refractivity contribution is 6.30. The van der Waals surface area contributed by atoms with Crippen molar-refractivity contribution >= 4 is 28.4 Å². The third-order valence-electron chi connectivity index (χ3n) is 5.10. The number of nitrogens with one attached hydrogen (secondary N) is 1. The number of carbonyl (C=O) groups excluding carboxylic acids is 1. The van der Waals surface area contributed by atoms with Gasteiger partial charge in [-0.1, -0.05) is 66.2 Å². The first-order chi connectivity index (χ1) is 14.5. The normalized spacial score (nSPS) is 10.9. The van der Waals surface area contributed by atoms with E-state index in [0.29, 0.717) is 22.7 Å². The molecule has 0 saturated carbocycles. The lowest BCUT2D eigenvalue weighted by molar-refractivity contribution is 0.0729. The van der Waals surface area contributed by atoms with Gasteiger partial charge in [0.25, 0.3) is 11.5 Å². The molecule has 4 nitrogen and oxygen atoms in total. The maximum Gasteiger partial charge on any atom is 0.254 e. The molecule has 5 heteroatoms. The standard InChI is InChI=1S/C25H21ClN2O2/c1-17-7-5-10-19-13-21(24(29)27-23(17)19)16-28(15-18-8-3-2-4-9-18)25(30)20-11-6-12-22(26)14-20/h2-14H,15-16H2,1H3,(H,27,29). The van der Waals surface area contributed by atoms with E-state index < -0.39 is 0 Å². The second-order valence-corrected chi connectivity index (χ2v) is 7.76. The Hall–Kier alpha value is -3.37. The number of fused-ring (bicyclic) bond motifs is 1. The van der Waals surface area contributed by atoms with E-state index in [4.69, 9.17) is 11.6 Å². The topological polar surface area (TPSA) is 53.2 Å². The number of pyridine rings is 1. The van der Waals surface area contributed by atoms with Gasteiger partial charge in [0.2, 0.25) is 0 Å². The third-order valence-corrected chi connectivity index (χ3v) is 5.34. The fraction of sp³-hybridized carbons (Fsp3) is 0.120. The van der Waals surface area contributed by atoms with Crippen LogP contribution in [-0.4, -0.2) is 15.8 Å². The van der Waals surface area contributed by atoms with Gasteiger partial charge in [-0.05, 0) is 47.7 Å². The summed E-state index contributed by atoms with van der Waals surface area (Å²) in [5.74, 6) is -0.176. The number of aromatic nitrogens is 1. The van der Waals surface area contributed by atoms with E-state index in [1.807, 2.05) is 61.5 Å².